The fraction of sp³-hybridized carbons (Fsp3) is 0.529. The number of halogens is 2. The van der Waals surface area contributed by atoms with Crippen molar-refractivity contribution in [2.45, 2.75) is 38.2 Å². The summed E-state index contributed by atoms with van der Waals surface area (Å²) in [5, 5.41) is 19.9. The average Bonchev–Trinajstić information content (AvgIpc) is 2.90. The van der Waals surface area contributed by atoms with Gasteiger partial charge in [0.15, 0.2) is 0 Å². The number of aliphatic hydroxyl groups is 1. The van der Waals surface area contributed by atoms with E-state index in [1.807, 2.05) is 0 Å². The van der Waals surface area contributed by atoms with Gasteiger partial charge in [-0.1, -0.05) is 0 Å². The molecule has 9 heteroatoms. The molecule has 0 spiro atoms. The fourth-order valence-corrected chi connectivity index (χ4v) is 3.39. The molecule has 0 aliphatic carbocycles. The number of likely N-dealkylation sites (N-methyl/N-ethyl adjacent to an activating group) is 1. The van der Waals surface area contributed by atoms with Crippen LogP contribution in [0.4, 0.5) is 8.78 Å². The second-order valence-corrected chi connectivity index (χ2v) is 6.80. The van der Waals surface area contributed by atoms with Crippen LogP contribution in [0.1, 0.15) is 25.5 Å². The van der Waals surface area contributed by atoms with Gasteiger partial charge in [0.25, 0.3) is 0 Å². The molecule has 1 aromatic rings. The van der Waals surface area contributed by atoms with Gasteiger partial charge in [-0.25, -0.2) is 0 Å². The van der Waals surface area contributed by atoms with Crippen molar-refractivity contribution in [2.24, 2.45) is 4.99 Å². The summed E-state index contributed by atoms with van der Waals surface area (Å²) >= 11 is 0. The Kier molecular flexibility index (Phi) is 4.63. The molecule has 1 fully saturated rings. The van der Waals surface area contributed by atoms with Crippen LogP contribution in [0.5, 0.6) is 11.5 Å². The van der Waals surface area contributed by atoms with Crippen molar-refractivity contribution >= 4 is 5.96 Å². The quantitative estimate of drug-likeness (QED) is 0.824. The standard InChI is InChI=1S/C17H20F2N4O3/c1-17(2)14(24)13(23-7-6-22(3)16(23)21-9-20)11-8-10(25-15(18)19)4-5-12(11)26-17/h4-5,8,13-15,24H,6-7H2,1-3H3/t13-,14+/m1/s1. The summed E-state index contributed by atoms with van der Waals surface area (Å²) in [5.41, 5.74) is -0.405. The molecule has 2 atom stereocenters. The van der Waals surface area contributed by atoms with E-state index in [9.17, 15) is 13.9 Å². The van der Waals surface area contributed by atoms with E-state index in [4.69, 9.17) is 10.00 Å². The van der Waals surface area contributed by atoms with Crippen LogP contribution >= 0.6 is 0 Å². The third kappa shape index (κ3) is 3.12. The van der Waals surface area contributed by atoms with Crippen LogP contribution in [0.3, 0.4) is 0 Å². The number of benzene rings is 1. The largest absolute Gasteiger partial charge is 0.485 e. The summed E-state index contributed by atoms with van der Waals surface area (Å²) in [6, 6.07) is 3.77. The summed E-state index contributed by atoms with van der Waals surface area (Å²) in [5.74, 6) is 0.865. The summed E-state index contributed by atoms with van der Waals surface area (Å²) < 4.78 is 35.5. The lowest BCUT2D eigenvalue weighted by atomic mass is 9.85. The van der Waals surface area contributed by atoms with Crippen molar-refractivity contribution in [3.8, 4) is 17.7 Å². The zero-order valence-electron chi connectivity index (χ0n) is 14.7. The molecule has 3 rings (SSSR count). The lowest BCUT2D eigenvalue weighted by Crippen LogP contribution is -2.54. The highest BCUT2D eigenvalue weighted by Crippen LogP contribution is 2.45. The van der Waals surface area contributed by atoms with Crippen molar-refractivity contribution in [1.29, 1.82) is 5.26 Å². The van der Waals surface area contributed by atoms with Gasteiger partial charge in [-0.05, 0) is 32.0 Å². The second kappa shape index (κ2) is 6.61. The minimum Gasteiger partial charge on any atom is -0.485 e. The highest BCUT2D eigenvalue weighted by molar-refractivity contribution is 5.83. The van der Waals surface area contributed by atoms with E-state index in [1.54, 1.807) is 43.0 Å². The minimum absolute atomic E-state index is 0.0226. The Morgan fingerprint density at radius 2 is 2.15 bits per heavy atom. The van der Waals surface area contributed by atoms with E-state index in [-0.39, 0.29) is 5.75 Å². The number of hydrogen-bond acceptors (Lipinski definition) is 5. The van der Waals surface area contributed by atoms with Crippen molar-refractivity contribution in [1.82, 2.24) is 9.80 Å². The zero-order chi connectivity index (χ0) is 19.1. The van der Waals surface area contributed by atoms with Gasteiger partial charge in [-0.3, -0.25) is 0 Å². The normalized spacial score (nSPS) is 25.8. The minimum atomic E-state index is -2.95. The second-order valence-electron chi connectivity index (χ2n) is 6.80. The van der Waals surface area contributed by atoms with E-state index in [0.717, 1.165) is 0 Å². The van der Waals surface area contributed by atoms with Gasteiger partial charge in [0.1, 0.15) is 23.2 Å². The number of aliphatic hydroxyl groups excluding tert-OH is 1. The number of fused-ring (bicyclic) bond motifs is 1. The molecule has 0 bridgehead atoms. The van der Waals surface area contributed by atoms with Crippen molar-refractivity contribution in [3.05, 3.63) is 23.8 Å². The Morgan fingerprint density at radius 1 is 1.42 bits per heavy atom. The molecule has 2 aliphatic heterocycles. The van der Waals surface area contributed by atoms with Crippen LogP contribution < -0.4 is 9.47 Å². The van der Waals surface area contributed by atoms with E-state index in [1.165, 1.54) is 12.1 Å². The highest BCUT2D eigenvalue weighted by Gasteiger charge is 2.48. The Bertz CT molecular complexity index is 763. The third-order valence-corrected chi connectivity index (χ3v) is 4.67. The molecule has 2 heterocycles. The first-order valence-corrected chi connectivity index (χ1v) is 8.15. The van der Waals surface area contributed by atoms with Crippen LogP contribution in [0.15, 0.2) is 23.2 Å². The molecule has 0 unspecified atom stereocenters. The number of alkyl halides is 2. The van der Waals surface area contributed by atoms with Gasteiger partial charge < -0.3 is 24.4 Å². The van der Waals surface area contributed by atoms with E-state index < -0.39 is 24.4 Å². The Labute approximate surface area is 150 Å². The van der Waals surface area contributed by atoms with E-state index in [2.05, 4.69) is 9.73 Å². The fourth-order valence-electron chi connectivity index (χ4n) is 3.39. The van der Waals surface area contributed by atoms with Gasteiger partial charge >= 0.3 is 6.61 Å². The average molecular weight is 366 g/mol. The predicted molar refractivity (Wildman–Crippen MR) is 88.9 cm³/mol. The first kappa shape index (κ1) is 18.2. The van der Waals surface area contributed by atoms with Gasteiger partial charge in [0.2, 0.25) is 12.2 Å². The molecule has 0 radical (unpaired) electrons. The molecule has 140 valence electrons. The Morgan fingerprint density at radius 3 is 2.81 bits per heavy atom. The van der Waals surface area contributed by atoms with Crippen LogP contribution in [-0.4, -0.2) is 59.3 Å². The Balaban J connectivity index is 2.09. The van der Waals surface area contributed by atoms with E-state index >= 15 is 0 Å². The maximum Gasteiger partial charge on any atom is 0.387 e. The molecule has 0 amide bonds. The lowest BCUT2D eigenvalue weighted by Gasteiger charge is -2.45. The zero-order valence-corrected chi connectivity index (χ0v) is 14.7. The van der Waals surface area contributed by atoms with Gasteiger partial charge in [-0.2, -0.15) is 14.0 Å². The van der Waals surface area contributed by atoms with Gasteiger partial charge in [0.05, 0.1) is 6.04 Å². The molecular formula is C17H20F2N4O3. The number of nitriles is 1. The van der Waals surface area contributed by atoms with Gasteiger partial charge in [-0.15, -0.1) is 4.99 Å². The summed E-state index contributed by atoms with van der Waals surface area (Å²) in [4.78, 5) is 7.46. The Hall–Kier alpha value is -2.60. The highest BCUT2D eigenvalue weighted by atomic mass is 19.3. The maximum absolute atomic E-state index is 12.6. The molecule has 26 heavy (non-hydrogen) atoms. The molecule has 1 N–H and O–H groups in total. The maximum atomic E-state index is 12.6. The molecule has 1 saturated heterocycles. The van der Waals surface area contributed by atoms with E-state index in [0.29, 0.717) is 30.4 Å². The lowest BCUT2D eigenvalue weighted by molar-refractivity contribution is -0.0809. The molecular weight excluding hydrogens is 346 g/mol. The van der Waals surface area contributed by atoms with Crippen molar-refractivity contribution in [2.75, 3.05) is 20.1 Å². The molecule has 1 aromatic carbocycles. The molecule has 0 saturated carbocycles. The topological polar surface area (TPSA) is 81.3 Å². The number of hydrogen-bond donors (Lipinski definition) is 1. The van der Waals surface area contributed by atoms with Crippen LogP contribution in [-0.2, 0) is 0 Å². The third-order valence-electron chi connectivity index (χ3n) is 4.67. The molecule has 7 nitrogen and oxygen atoms in total. The summed E-state index contributed by atoms with van der Waals surface area (Å²) in [7, 11) is 1.80. The SMILES string of the molecule is CN1CCN([C@@H]2c3cc(OC(F)F)ccc3OC(C)(C)[C@H]2O)C1=NC#N. The summed E-state index contributed by atoms with van der Waals surface area (Å²) in [6.07, 6.45) is 0.795. The van der Waals surface area contributed by atoms with Gasteiger partial charge in [0, 0.05) is 25.7 Å². The van der Waals surface area contributed by atoms with Crippen molar-refractivity contribution in [3.63, 3.8) is 0 Å². The van der Waals surface area contributed by atoms with Crippen LogP contribution in [0, 0.1) is 11.5 Å². The first-order chi connectivity index (χ1) is 12.2. The smallest absolute Gasteiger partial charge is 0.387 e. The molecule has 0 aromatic heterocycles. The molecule has 2 aliphatic rings. The van der Waals surface area contributed by atoms with Crippen LogP contribution in [0.25, 0.3) is 0 Å². The number of rotatable bonds is 3. The van der Waals surface area contributed by atoms with Crippen LogP contribution in [0.2, 0.25) is 0 Å². The number of aliphatic imine (C=N–C) groups is 1. The first-order valence-electron chi connectivity index (χ1n) is 8.15. The number of guanidine groups is 1. The summed E-state index contributed by atoms with van der Waals surface area (Å²) in [6.45, 7) is 1.68. The predicted octanol–water partition coefficient (Wildman–Crippen LogP) is 1.95. The monoisotopic (exact) mass is 366 g/mol. The number of ether oxygens (including phenoxy) is 2. The van der Waals surface area contributed by atoms with Crippen molar-refractivity contribution < 1.29 is 23.4 Å². The number of nitrogens with zero attached hydrogens (tertiary/aromatic N) is 4.